The number of benzene rings is 2. The van der Waals surface area contributed by atoms with E-state index in [0.29, 0.717) is 13.2 Å². The smallest absolute Gasteiger partial charge is 0.161 e. The molecule has 0 aliphatic rings. The standard InChI is InChI=1S/C21H29ClN2O2/c1-4-25-21-14-18(15-23-12-5-13-24(2)3)8-11-20(21)26-16-17-6-9-19(22)10-7-17/h6-11,14,23H,4-5,12-13,15-16H2,1-3H3. The molecule has 0 saturated heterocycles. The number of rotatable bonds is 11. The fraction of sp³-hybridized carbons (Fsp3) is 0.429. The number of halogens is 1. The second-order valence-electron chi connectivity index (χ2n) is 6.46. The van der Waals surface area contributed by atoms with Crippen LogP contribution in [0.5, 0.6) is 11.5 Å². The first-order valence-electron chi connectivity index (χ1n) is 9.07. The van der Waals surface area contributed by atoms with Crippen molar-refractivity contribution in [1.82, 2.24) is 10.2 Å². The molecular weight excluding hydrogens is 348 g/mol. The second-order valence-corrected chi connectivity index (χ2v) is 6.90. The van der Waals surface area contributed by atoms with E-state index >= 15 is 0 Å². The molecule has 0 fully saturated rings. The third kappa shape index (κ3) is 7.24. The quantitative estimate of drug-likeness (QED) is 0.591. The fourth-order valence-corrected chi connectivity index (χ4v) is 2.67. The average molecular weight is 377 g/mol. The van der Waals surface area contributed by atoms with Gasteiger partial charge in [-0.3, -0.25) is 0 Å². The first-order chi connectivity index (χ1) is 12.6. The summed E-state index contributed by atoms with van der Waals surface area (Å²) in [4.78, 5) is 2.20. The Labute approximate surface area is 162 Å². The van der Waals surface area contributed by atoms with Crippen LogP contribution in [0.3, 0.4) is 0 Å². The summed E-state index contributed by atoms with van der Waals surface area (Å²) in [6, 6.07) is 13.8. The number of nitrogens with zero attached hydrogens (tertiary/aromatic N) is 1. The van der Waals surface area contributed by atoms with Gasteiger partial charge < -0.3 is 19.7 Å². The van der Waals surface area contributed by atoms with Gasteiger partial charge in [-0.05, 0) is 75.9 Å². The maximum atomic E-state index is 5.95. The molecule has 142 valence electrons. The highest BCUT2D eigenvalue weighted by Gasteiger charge is 2.07. The van der Waals surface area contributed by atoms with Crippen LogP contribution in [-0.2, 0) is 13.2 Å². The van der Waals surface area contributed by atoms with Gasteiger partial charge in [0.15, 0.2) is 11.5 Å². The number of hydrogen-bond donors (Lipinski definition) is 1. The van der Waals surface area contributed by atoms with Crippen LogP contribution >= 0.6 is 11.6 Å². The zero-order chi connectivity index (χ0) is 18.8. The van der Waals surface area contributed by atoms with Gasteiger partial charge in [0.1, 0.15) is 6.61 Å². The van der Waals surface area contributed by atoms with E-state index in [9.17, 15) is 0 Å². The van der Waals surface area contributed by atoms with Crippen molar-refractivity contribution in [1.29, 1.82) is 0 Å². The molecule has 0 radical (unpaired) electrons. The minimum atomic E-state index is 0.485. The lowest BCUT2D eigenvalue weighted by molar-refractivity contribution is 0.269. The van der Waals surface area contributed by atoms with Crippen molar-refractivity contribution in [3.8, 4) is 11.5 Å². The molecule has 0 amide bonds. The highest BCUT2D eigenvalue weighted by Crippen LogP contribution is 2.29. The van der Waals surface area contributed by atoms with Crippen LogP contribution in [0.25, 0.3) is 0 Å². The second kappa shape index (κ2) is 11.1. The summed E-state index contributed by atoms with van der Waals surface area (Å²) in [7, 11) is 4.19. The number of nitrogens with one attached hydrogen (secondary N) is 1. The van der Waals surface area contributed by atoms with Crippen molar-refractivity contribution in [3.05, 3.63) is 58.6 Å². The molecule has 0 atom stereocenters. The van der Waals surface area contributed by atoms with Gasteiger partial charge >= 0.3 is 0 Å². The Balaban J connectivity index is 1.91. The van der Waals surface area contributed by atoms with Gasteiger partial charge in [-0.1, -0.05) is 29.8 Å². The molecule has 4 nitrogen and oxygen atoms in total. The zero-order valence-electron chi connectivity index (χ0n) is 15.9. The van der Waals surface area contributed by atoms with E-state index in [1.165, 1.54) is 5.56 Å². The highest BCUT2D eigenvalue weighted by atomic mass is 35.5. The summed E-state index contributed by atoms with van der Waals surface area (Å²) in [5.41, 5.74) is 2.26. The van der Waals surface area contributed by atoms with Crippen LogP contribution in [0, 0.1) is 0 Å². The van der Waals surface area contributed by atoms with E-state index in [0.717, 1.165) is 48.1 Å². The zero-order valence-corrected chi connectivity index (χ0v) is 16.7. The first-order valence-corrected chi connectivity index (χ1v) is 9.44. The fourth-order valence-electron chi connectivity index (χ4n) is 2.54. The van der Waals surface area contributed by atoms with E-state index in [2.05, 4.69) is 36.4 Å². The molecule has 0 saturated carbocycles. The van der Waals surface area contributed by atoms with Crippen molar-refractivity contribution in [3.63, 3.8) is 0 Å². The maximum absolute atomic E-state index is 5.95. The van der Waals surface area contributed by atoms with Crippen molar-refractivity contribution >= 4 is 11.6 Å². The summed E-state index contributed by atoms with van der Waals surface area (Å²) in [5, 5.41) is 4.20. The van der Waals surface area contributed by atoms with Crippen LogP contribution in [0.4, 0.5) is 0 Å². The Morgan fingerprint density at radius 2 is 1.69 bits per heavy atom. The van der Waals surface area contributed by atoms with Gasteiger partial charge in [0, 0.05) is 11.6 Å². The van der Waals surface area contributed by atoms with Crippen molar-refractivity contribution in [2.45, 2.75) is 26.5 Å². The first kappa shape index (κ1) is 20.6. The Bertz CT molecular complexity index is 660. The van der Waals surface area contributed by atoms with E-state index in [4.69, 9.17) is 21.1 Å². The predicted molar refractivity (Wildman–Crippen MR) is 108 cm³/mol. The Kier molecular flexibility index (Phi) is 8.75. The van der Waals surface area contributed by atoms with E-state index in [-0.39, 0.29) is 0 Å². The van der Waals surface area contributed by atoms with E-state index in [1.54, 1.807) is 0 Å². The predicted octanol–water partition coefficient (Wildman–Crippen LogP) is 4.36. The molecule has 1 N–H and O–H groups in total. The topological polar surface area (TPSA) is 33.7 Å². The van der Waals surface area contributed by atoms with Gasteiger partial charge in [-0.2, -0.15) is 0 Å². The SMILES string of the molecule is CCOc1cc(CNCCCN(C)C)ccc1OCc1ccc(Cl)cc1. The summed E-state index contributed by atoms with van der Waals surface area (Å²) < 4.78 is 11.7. The number of hydrogen-bond acceptors (Lipinski definition) is 4. The molecule has 0 heterocycles. The van der Waals surface area contributed by atoms with Gasteiger partial charge in [0.2, 0.25) is 0 Å². The average Bonchev–Trinajstić information content (AvgIpc) is 2.62. The molecule has 2 rings (SSSR count). The molecule has 2 aromatic carbocycles. The Hall–Kier alpha value is -1.75. The van der Waals surface area contributed by atoms with Crippen LogP contribution in [-0.4, -0.2) is 38.7 Å². The summed E-state index contributed by atoms with van der Waals surface area (Å²) >= 11 is 5.92. The van der Waals surface area contributed by atoms with E-state index in [1.807, 2.05) is 37.3 Å². The van der Waals surface area contributed by atoms with Crippen molar-refractivity contribution < 1.29 is 9.47 Å². The van der Waals surface area contributed by atoms with Crippen LogP contribution < -0.4 is 14.8 Å². The lowest BCUT2D eigenvalue weighted by atomic mass is 10.2. The number of ether oxygens (including phenoxy) is 2. The molecule has 0 aliphatic heterocycles. The molecular formula is C21H29ClN2O2. The van der Waals surface area contributed by atoms with Gasteiger partial charge in [0.25, 0.3) is 0 Å². The minimum Gasteiger partial charge on any atom is -0.490 e. The lowest BCUT2D eigenvalue weighted by Crippen LogP contribution is -2.21. The molecule has 0 aromatic heterocycles. The molecule has 2 aromatic rings. The van der Waals surface area contributed by atoms with Crippen molar-refractivity contribution in [2.75, 3.05) is 33.8 Å². The Morgan fingerprint density at radius 3 is 2.38 bits per heavy atom. The molecule has 5 heteroatoms. The molecule has 0 unspecified atom stereocenters. The van der Waals surface area contributed by atoms with Gasteiger partial charge in [-0.25, -0.2) is 0 Å². The summed E-state index contributed by atoms with van der Waals surface area (Å²) in [6.07, 6.45) is 1.13. The third-order valence-corrected chi connectivity index (χ3v) is 4.16. The minimum absolute atomic E-state index is 0.485. The van der Waals surface area contributed by atoms with Crippen LogP contribution in [0.15, 0.2) is 42.5 Å². The van der Waals surface area contributed by atoms with E-state index < -0.39 is 0 Å². The third-order valence-electron chi connectivity index (χ3n) is 3.90. The highest BCUT2D eigenvalue weighted by molar-refractivity contribution is 6.30. The maximum Gasteiger partial charge on any atom is 0.161 e. The van der Waals surface area contributed by atoms with Crippen molar-refractivity contribution in [2.24, 2.45) is 0 Å². The molecule has 0 bridgehead atoms. The Morgan fingerprint density at radius 1 is 0.962 bits per heavy atom. The monoisotopic (exact) mass is 376 g/mol. The van der Waals surface area contributed by atoms with Crippen LogP contribution in [0.2, 0.25) is 5.02 Å². The molecule has 26 heavy (non-hydrogen) atoms. The molecule has 0 spiro atoms. The summed E-state index contributed by atoms with van der Waals surface area (Å²) in [6.45, 7) is 5.99. The molecule has 0 aliphatic carbocycles. The lowest BCUT2D eigenvalue weighted by Gasteiger charge is -2.14. The van der Waals surface area contributed by atoms with Gasteiger partial charge in [-0.15, -0.1) is 0 Å². The van der Waals surface area contributed by atoms with Crippen LogP contribution in [0.1, 0.15) is 24.5 Å². The largest absolute Gasteiger partial charge is 0.490 e. The normalized spacial score (nSPS) is 11.0. The van der Waals surface area contributed by atoms with Gasteiger partial charge in [0.05, 0.1) is 6.61 Å². The summed E-state index contributed by atoms with van der Waals surface area (Å²) in [5.74, 6) is 1.55.